The maximum absolute atomic E-state index is 6.30. The first-order valence-corrected chi connectivity index (χ1v) is 10.6. The first kappa shape index (κ1) is 19.7. The number of methoxy groups -OCH3 is 1. The zero-order valence-electron chi connectivity index (χ0n) is 17.5. The fourth-order valence-electron chi connectivity index (χ4n) is 3.97. The summed E-state index contributed by atoms with van der Waals surface area (Å²) in [7, 11) is 1.60. The van der Waals surface area contributed by atoms with Gasteiger partial charge >= 0.3 is 6.01 Å². The van der Waals surface area contributed by atoms with Crippen molar-refractivity contribution in [3.63, 3.8) is 0 Å². The number of morpholine rings is 1. The summed E-state index contributed by atoms with van der Waals surface area (Å²) in [5, 5.41) is 7.69. The second kappa shape index (κ2) is 8.88. The molecule has 0 atom stereocenters. The molecule has 11 heteroatoms. The number of ether oxygens (including phenoxy) is 3. The Balaban J connectivity index is 1.23. The van der Waals surface area contributed by atoms with Gasteiger partial charge < -0.3 is 24.4 Å². The second-order valence-corrected chi connectivity index (χ2v) is 7.71. The Morgan fingerprint density at radius 3 is 2.58 bits per heavy atom. The summed E-state index contributed by atoms with van der Waals surface area (Å²) in [6, 6.07) is 2.75. The number of hydrogen-bond donors (Lipinski definition) is 1. The van der Waals surface area contributed by atoms with Gasteiger partial charge in [-0.3, -0.25) is 0 Å². The van der Waals surface area contributed by atoms with Gasteiger partial charge in [0.2, 0.25) is 5.95 Å². The Kier molecular flexibility index (Phi) is 5.65. The SMILES string of the molecule is COc1cnc(NC2CCC(Oc3nc(N4CCOCC4)cc4ncnn34)CC2)nc1. The van der Waals surface area contributed by atoms with Crippen LogP contribution in [0.25, 0.3) is 5.65 Å². The zero-order valence-corrected chi connectivity index (χ0v) is 17.5. The molecule has 0 amide bonds. The molecule has 1 aliphatic heterocycles. The minimum Gasteiger partial charge on any atom is -0.494 e. The van der Waals surface area contributed by atoms with E-state index in [1.807, 2.05) is 6.07 Å². The topological polar surface area (TPSA) is 112 Å². The number of hydrogen-bond acceptors (Lipinski definition) is 10. The molecule has 164 valence electrons. The van der Waals surface area contributed by atoms with Gasteiger partial charge in [-0.25, -0.2) is 15.0 Å². The van der Waals surface area contributed by atoms with Crippen LogP contribution in [0.4, 0.5) is 11.8 Å². The first-order chi connectivity index (χ1) is 15.3. The van der Waals surface area contributed by atoms with Crippen LogP contribution in [0.3, 0.4) is 0 Å². The number of fused-ring (bicyclic) bond motifs is 1. The van der Waals surface area contributed by atoms with Crippen molar-refractivity contribution in [2.75, 3.05) is 43.6 Å². The molecule has 0 aromatic carbocycles. The van der Waals surface area contributed by atoms with E-state index in [9.17, 15) is 0 Å². The molecule has 1 saturated heterocycles. The Labute approximate surface area is 179 Å². The van der Waals surface area contributed by atoms with Gasteiger partial charge in [-0.1, -0.05) is 0 Å². The largest absolute Gasteiger partial charge is 0.494 e. The summed E-state index contributed by atoms with van der Waals surface area (Å²) in [5.41, 5.74) is 0.735. The summed E-state index contributed by atoms with van der Waals surface area (Å²) < 4.78 is 18.5. The predicted octanol–water partition coefficient (Wildman–Crippen LogP) is 1.56. The Hall–Kier alpha value is -3.21. The monoisotopic (exact) mass is 426 g/mol. The zero-order chi connectivity index (χ0) is 21.0. The van der Waals surface area contributed by atoms with Gasteiger partial charge in [-0.2, -0.15) is 14.6 Å². The van der Waals surface area contributed by atoms with E-state index in [-0.39, 0.29) is 6.10 Å². The van der Waals surface area contributed by atoms with Crippen molar-refractivity contribution in [2.24, 2.45) is 0 Å². The average molecular weight is 426 g/mol. The van der Waals surface area contributed by atoms with Crippen LogP contribution in [0.15, 0.2) is 24.8 Å². The highest BCUT2D eigenvalue weighted by atomic mass is 16.5. The molecule has 5 rings (SSSR count). The molecule has 1 saturated carbocycles. The van der Waals surface area contributed by atoms with Crippen LogP contribution < -0.4 is 19.7 Å². The minimum atomic E-state index is 0.0784. The molecule has 11 nitrogen and oxygen atoms in total. The van der Waals surface area contributed by atoms with E-state index >= 15 is 0 Å². The standard InChI is InChI=1S/C20H26N8O3/c1-29-16-11-21-19(22-12-16)25-14-2-4-15(5-3-14)31-20-26-18(27-6-8-30-9-7-27)10-17-23-13-24-28(17)20/h10-15H,2-9H2,1H3,(H,21,22,25). The van der Waals surface area contributed by atoms with Crippen molar-refractivity contribution < 1.29 is 14.2 Å². The summed E-state index contributed by atoms with van der Waals surface area (Å²) >= 11 is 0. The lowest BCUT2D eigenvalue weighted by atomic mass is 9.93. The summed E-state index contributed by atoms with van der Waals surface area (Å²) in [5.74, 6) is 2.12. The highest BCUT2D eigenvalue weighted by Crippen LogP contribution is 2.26. The minimum absolute atomic E-state index is 0.0784. The van der Waals surface area contributed by atoms with Crippen molar-refractivity contribution in [3.8, 4) is 11.8 Å². The van der Waals surface area contributed by atoms with E-state index in [2.05, 4.69) is 30.3 Å². The molecule has 4 heterocycles. The molecule has 31 heavy (non-hydrogen) atoms. The molecule has 0 spiro atoms. The lowest BCUT2D eigenvalue weighted by molar-refractivity contribution is 0.121. The third-order valence-electron chi connectivity index (χ3n) is 5.70. The van der Waals surface area contributed by atoms with Crippen LogP contribution in [0.5, 0.6) is 11.8 Å². The molecule has 2 aliphatic rings. The van der Waals surface area contributed by atoms with E-state index in [1.54, 1.807) is 24.0 Å². The first-order valence-electron chi connectivity index (χ1n) is 10.6. The molecular weight excluding hydrogens is 400 g/mol. The van der Waals surface area contributed by atoms with Crippen LogP contribution in [0, 0.1) is 0 Å². The predicted molar refractivity (Wildman–Crippen MR) is 113 cm³/mol. The van der Waals surface area contributed by atoms with Gasteiger partial charge in [-0.15, -0.1) is 0 Å². The Morgan fingerprint density at radius 2 is 1.84 bits per heavy atom. The highest BCUT2D eigenvalue weighted by Gasteiger charge is 2.25. The fraction of sp³-hybridized carbons (Fsp3) is 0.550. The lowest BCUT2D eigenvalue weighted by Gasteiger charge is -2.30. The van der Waals surface area contributed by atoms with Crippen LogP contribution in [-0.4, -0.2) is 75.1 Å². The third-order valence-corrected chi connectivity index (χ3v) is 5.70. The van der Waals surface area contributed by atoms with Crippen LogP contribution in [0.1, 0.15) is 25.7 Å². The Morgan fingerprint density at radius 1 is 1.06 bits per heavy atom. The number of anilines is 2. The number of nitrogens with one attached hydrogen (secondary N) is 1. The number of aromatic nitrogens is 6. The van der Waals surface area contributed by atoms with Crippen LogP contribution in [-0.2, 0) is 4.74 Å². The van der Waals surface area contributed by atoms with Gasteiger partial charge in [0.25, 0.3) is 0 Å². The van der Waals surface area contributed by atoms with E-state index in [1.165, 1.54) is 6.33 Å². The van der Waals surface area contributed by atoms with E-state index in [0.29, 0.717) is 37.0 Å². The highest BCUT2D eigenvalue weighted by molar-refractivity contribution is 5.52. The summed E-state index contributed by atoms with van der Waals surface area (Å²) in [6.45, 7) is 3.01. The van der Waals surface area contributed by atoms with E-state index < -0.39 is 0 Å². The molecule has 0 radical (unpaired) electrons. The second-order valence-electron chi connectivity index (χ2n) is 7.71. The molecule has 1 aliphatic carbocycles. The van der Waals surface area contributed by atoms with Gasteiger partial charge in [-0.05, 0) is 25.7 Å². The Bertz CT molecular complexity index is 997. The normalized spacial score (nSPS) is 21.8. The van der Waals surface area contributed by atoms with Crippen molar-refractivity contribution in [1.29, 1.82) is 0 Å². The third kappa shape index (κ3) is 4.46. The van der Waals surface area contributed by atoms with Crippen molar-refractivity contribution >= 4 is 17.4 Å². The molecule has 1 N–H and O–H groups in total. The fourth-order valence-corrected chi connectivity index (χ4v) is 3.97. The van der Waals surface area contributed by atoms with Gasteiger partial charge in [0.1, 0.15) is 18.2 Å². The lowest BCUT2D eigenvalue weighted by Crippen LogP contribution is -2.37. The van der Waals surface area contributed by atoms with Gasteiger partial charge in [0.05, 0.1) is 32.7 Å². The average Bonchev–Trinajstić information content (AvgIpc) is 3.31. The molecule has 0 unspecified atom stereocenters. The molecular formula is C20H26N8O3. The maximum Gasteiger partial charge on any atom is 0.321 e. The van der Waals surface area contributed by atoms with Crippen LogP contribution in [0.2, 0.25) is 0 Å². The van der Waals surface area contributed by atoms with Crippen molar-refractivity contribution in [3.05, 3.63) is 24.8 Å². The van der Waals surface area contributed by atoms with E-state index in [4.69, 9.17) is 19.2 Å². The van der Waals surface area contributed by atoms with Crippen molar-refractivity contribution in [1.82, 2.24) is 29.5 Å². The maximum atomic E-state index is 6.30. The van der Waals surface area contributed by atoms with Crippen molar-refractivity contribution in [2.45, 2.75) is 37.8 Å². The van der Waals surface area contributed by atoms with E-state index in [0.717, 1.165) is 50.2 Å². The smallest absolute Gasteiger partial charge is 0.321 e. The quantitative estimate of drug-likeness (QED) is 0.623. The number of rotatable bonds is 6. The molecule has 3 aromatic rings. The molecule has 3 aromatic heterocycles. The van der Waals surface area contributed by atoms with Gasteiger partial charge in [0.15, 0.2) is 11.4 Å². The molecule has 2 fully saturated rings. The van der Waals surface area contributed by atoms with Crippen LogP contribution >= 0.6 is 0 Å². The summed E-state index contributed by atoms with van der Waals surface area (Å²) in [6.07, 6.45) is 8.69. The van der Waals surface area contributed by atoms with Gasteiger partial charge in [0, 0.05) is 25.2 Å². The number of nitrogens with zero attached hydrogens (tertiary/aromatic N) is 7. The summed E-state index contributed by atoms with van der Waals surface area (Å²) in [4.78, 5) is 19.9. The molecule has 0 bridgehead atoms.